The van der Waals surface area contributed by atoms with Gasteiger partial charge in [-0.05, 0) is 45.7 Å². The molecule has 2 rings (SSSR count). The molecular formula is C18H22N4O3S. The minimum Gasteiger partial charge on any atom is -0.323 e. The van der Waals surface area contributed by atoms with E-state index in [0.29, 0.717) is 24.2 Å². The molecule has 7 nitrogen and oxygen atoms in total. The highest BCUT2D eigenvalue weighted by Gasteiger charge is 2.30. The topological polar surface area (TPSA) is 96.1 Å². The monoisotopic (exact) mass is 374 g/mol. The summed E-state index contributed by atoms with van der Waals surface area (Å²) in [5, 5.41) is 12.9. The van der Waals surface area contributed by atoms with Crippen LogP contribution in [0.2, 0.25) is 0 Å². The van der Waals surface area contributed by atoms with Crippen molar-refractivity contribution in [3.8, 4) is 6.07 Å². The van der Waals surface area contributed by atoms with E-state index in [-0.39, 0.29) is 10.5 Å². The van der Waals surface area contributed by atoms with E-state index in [0.717, 1.165) is 10.2 Å². The molecule has 0 saturated heterocycles. The third-order valence-corrected chi connectivity index (χ3v) is 6.15. The number of benzene rings is 1. The Kier molecular flexibility index (Phi) is 5.52. The van der Waals surface area contributed by atoms with Gasteiger partial charge in [-0.25, -0.2) is 13.2 Å². The fraction of sp³-hybridized carbons (Fsp3) is 0.389. The van der Waals surface area contributed by atoms with Crippen molar-refractivity contribution >= 4 is 15.9 Å². The van der Waals surface area contributed by atoms with Gasteiger partial charge in [0.1, 0.15) is 11.6 Å². The number of carbonyl (C=O) groups excluding carboxylic acids is 1. The van der Waals surface area contributed by atoms with Crippen molar-refractivity contribution in [2.45, 2.75) is 44.5 Å². The molecule has 0 unspecified atom stereocenters. The number of hydrogen-bond acceptors (Lipinski definition) is 5. The molecule has 0 atom stereocenters. The Bertz CT molecular complexity index is 973. The second-order valence-electron chi connectivity index (χ2n) is 6.09. The van der Waals surface area contributed by atoms with E-state index in [9.17, 15) is 18.5 Å². The van der Waals surface area contributed by atoms with Crippen molar-refractivity contribution in [3.63, 3.8) is 0 Å². The summed E-state index contributed by atoms with van der Waals surface area (Å²) in [6, 6.07) is 4.91. The predicted octanol–water partition coefficient (Wildman–Crippen LogP) is 2.82. The van der Waals surface area contributed by atoms with Crippen LogP contribution in [0.15, 0.2) is 28.3 Å². The van der Waals surface area contributed by atoms with Crippen LogP contribution in [0.25, 0.3) is 0 Å². The summed E-state index contributed by atoms with van der Waals surface area (Å²) in [4.78, 5) is 14.1. The molecule has 0 radical (unpaired) electrons. The van der Waals surface area contributed by atoms with Gasteiger partial charge in [0, 0.05) is 13.1 Å². The minimum atomic E-state index is -4.04. The molecule has 0 aliphatic heterocycles. The van der Waals surface area contributed by atoms with Crippen LogP contribution in [0.3, 0.4) is 0 Å². The number of nitrogens with zero attached hydrogens (tertiary/aromatic N) is 4. The smallest absolute Gasteiger partial charge is 0.323 e. The van der Waals surface area contributed by atoms with Gasteiger partial charge >= 0.3 is 6.03 Å². The molecule has 26 heavy (non-hydrogen) atoms. The predicted molar refractivity (Wildman–Crippen MR) is 96.8 cm³/mol. The average Bonchev–Trinajstić information content (AvgIpc) is 2.99. The van der Waals surface area contributed by atoms with Gasteiger partial charge in [0.25, 0.3) is 0 Å². The molecule has 1 heterocycles. The van der Waals surface area contributed by atoms with Gasteiger partial charge in [0.05, 0.1) is 11.1 Å². The highest BCUT2D eigenvalue weighted by Crippen LogP contribution is 2.29. The van der Waals surface area contributed by atoms with Crippen LogP contribution in [0, 0.1) is 32.1 Å². The summed E-state index contributed by atoms with van der Waals surface area (Å²) in [5.74, 6) is 0. The number of sulfone groups is 1. The lowest BCUT2D eigenvalue weighted by Crippen LogP contribution is -2.34. The lowest BCUT2D eigenvalue weighted by Gasteiger charge is -2.17. The van der Waals surface area contributed by atoms with E-state index in [1.807, 2.05) is 26.8 Å². The first-order valence-corrected chi connectivity index (χ1v) is 9.77. The number of nitriles is 1. The van der Waals surface area contributed by atoms with Crippen LogP contribution in [0.4, 0.5) is 4.79 Å². The lowest BCUT2D eigenvalue weighted by molar-refractivity contribution is 0.201. The second-order valence-corrected chi connectivity index (χ2v) is 7.89. The number of amides is 1. The maximum atomic E-state index is 13.2. The van der Waals surface area contributed by atoms with Crippen molar-refractivity contribution in [2.75, 3.05) is 13.1 Å². The molecule has 2 aromatic rings. The van der Waals surface area contributed by atoms with E-state index in [1.165, 1.54) is 11.1 Å². The number of hydrogen-bond donors (Lipinski definition) is 0. The molecule has 1 aromatic heterocycles. The number of aryl methyl sites for hydroxylation is 3. The zero-order valence-corrected chi connectivity index (χ0v) is 16.4. The van der Waals surface area contributed by atoms with Gasteiger partial charge in [0.2, 0.25) is 9.84 Å². The summed E-state index contributed by atoms with van der Waals surface area (Å²) in [6.07, 6.45) is 1.17. The summed E-state index contributed by atoms with van der Waals surface area (Å²) in [7, 11) is -4.04. The molecule has 0 spiro atoms. The number of carbonyl (C=O) groups is 1. The van der Waals surface area contributed by atoms with E-state index in [4.69, 9.17) is 0 Å². The lowest BCUT2D eigenvalue weighted by atomic mass is 10.1. The van der Waals surface area contributed by atoms with E-state index < -0.39 is 20.9 Å². The van der Waals surface area contributed by atoms with E-state index in [2.05, 4.69) is 5.10 Å². The third-order valence-electron chi connectivity index (χ3n) is 4.16. The Morgan fingerprint density at radius 3 is 2.19 bits per heavy atom. The van der Waals surface area contributed by atoms with Crippen LogP contribution in [0.5, 0.6) is 0 Å². The van der Waals surface area contributed by atoms with Crippen molar-refractivity contribution in [3.05, 3.63) is 40.6 Å². The maximum Gasteiger partial charge on any atom is 0.344 e. The average molecular weight is 374 g/mol. The Balaban J connectivity index is 2.66. The third kappa shape index (κ3) is 3.35. The van der Waals surface area contributed by atoms with Gasteiger partial charge in [-0.1, -0.05) is 17.7 Å². The molecule has 0 bridgehead atoms. The molecular weight excluding hydrogens is 352 g/mol. The zero-order valence-electron chi connectivity index (χ0n) is 15.6. The molecule has 0 N–H and O–H groups in total. The fourth-order valence-electron chi connectivity index (χ4n) is 3.06. The molecule has 1 aromatic carbocycles. The van der Waals surface area contributed by atoms with Gasteiger partial charge < -0.3 is 4.90 Å². The SMILES string of the molecule is CCN(CC)C(=O)n1cc(C#N)c(S(=O)(=O)c2c(C)cc(C)cc2C)n1. The normalized spacial score (nSPS) is 11.2. The van der Waals surface area contributed by atoms with Crippen LogP contribution in [-0.4, -0.2) is 42.2 Å². The van der Waals surface area contributed by atoms with E-state index >= 15 is 0 Å². The second kappa shape index (κ2) is 7.30. The molecule has 0 aliphatic rings. The van der Waals surface area contributed by atoms with Crippen LogP contribution < -0.4 is 0 Å². The Morgan fingerprint density at radius 2 is 1.73 bits per heavy atom. The zero-order chi connectivity index (χ0) is 19.6. The van der Waals surface area contributed by atoms with Crippen LogP contribution in [-0.2, 0) is 9.84 Å². The largest absolute Gasteiger partial charge is 0.344 e. The summed E-state index contributed by atoms with van der Waals surface area (Å²) in [5.41, 5.74) is 1.96. The first kappa shape index (κ1) is 19.7. The molecule has 0 aliphatic carbocycles. The highest BCUT2D eigenvalue weighted by atomic mass is 32.2. The summed E-state index contributed by atoms with van der Waals surface area (Å²) >= 11 is 0. The van der Waals surface area contributed by atoms with Gasteiger partial charge in [-0.15, -0.1) is 0 Å². The molecule has 138 valence electrons. The molecule has 0 saturated carbocycles. The maximum absolute atomic E-state index is 13.2. The first-order valence-electron chi connectivity index (χ1n) is 8.29. The van der Waals surface area contributed by atoms with Crippen molar-refractivity contribution in [2.24, 2.45) is 0 Å². The Morgan fingerprint density at radius 1 is 1.19 bits per heavy atom. The molecule has 1 amide bonds. The fourth-order valence-corrected chi connectivity index (χ4v) is 4.80. The van der Waals surface area contributed by atoms with Gasteiger partial charge in [0.15, 0.2) is 5.03 Å². The van der Waals surface area contributed by atoms with Crippen molar-refractivity contribution < 1.29 is 13.2 Å². The highest BCUT2D eigenvalue weighted by molar-refractivity contribution is 7.91. The minimum absolute atomic E-state index is 0.125. The standard InChI is InChI=1S/C18H22N4O3S/c1-6-21(7-2)18(23)22-11-15(10-19)17(20-22)26(24,25)16-13(4)8-12(3)9-14(16)5/h8-9,11H,6-7H2,1-5H3. The number of aromatic nitrogens is 2. The van der Waals surface area contributed by atoms with Crippen molar-refractivity contribution in [1.82, 2.24) is 14.7 Å². The van der Waals surface area contributed by atoms with Crippen LogP contribution >= 0.6 is 0 Å². The first-order chi connectivity index (χ1) is 12.2. The quantitative estimate of drug-likeness (QED) is 0.820. The summed E-state index contributed by atoms with van der Waals surface area (Å²) < 4.78 is 27.2. The van der Waals surface area contributed by atoms with Crippen molar-refractivity contribution in [1.29, 1.82) is 5.26 Å². The Hall–Kier alpha value is -2.66. The van der Waals surface area contributed by atoms with Crippen LogP contribution in [0.1, 0.15) is 36.1 Å². The summed E-state index contributed by atoms with van der Waals surface area (Å²) in [6.45, 7) is 9.83. The number of rotatable bonds is 4. The van der Waals surface area contributed by atoms with Gasteiger partial charge in [-0.3, -0.25) is 0 Å². The van der Waals surface area contributed by atoms with Gasteiger partial charge in [-0.2, -0.15) is 15.0 Å². The van der Waals surface area contributed by atoms with E-state index in [1.54, 1.807) is 26.0 Å². The molecule has 0 fully saturated rings. The Labute approximate surface area is 153 Å². The molecule has 8 heteroatoms.